The van der Waals surface area contributed by atoms with Crippen molar-refractivity contribution in [3.05, 3.63) is 54.7 Å². The van der Waals surface area contributed by atoms with Gasteiger partial charge in [0.05, 0.1) is 11.4 Å². The van der Waals surface area contributed by atoms with Gasteiger partial charge < -0.3 is 10.3 Å². The number of hydrogen-bond acceptors (Lipinski definition) is 6. The number of nitrogens with zero attached hydrogens (tertiary/aromatic N) is 3. The Morgan fingerprint density at radius 2 is 1.81 bits per heavy atom. The number of anilines is 1. The number of aromatic nitrogens is 3. The van der Waals surface area contributed by atoms with Gasteiger partial charge in [0.15, 0.2) is 4.90 Å². The highest BCUT2D eigenvalue weighted by Gasteiger charge is 2.19. The predicted octanol–water partition coefficient (Wildman–Crippen LogP) is 2.95. The van der Waals surface area contributed by atoms with E-state index in [2.05, 4.69) is 19.7 Å². The molecule has 2 aromatic heterocycles. The number of halogens is 1. The third-order valence-electron chi connectivity index (χ3n) is 3.67. The molecule has 0 spiro atoms. The average Bonchev–Trinajstić information content (AvgIpc) is 2.67. The summed E-state index contributed by atoms with van der Waals surface area (Å²) in [6.45, 7) is 2.62. The minimum atomic E-state index is -1.38. The Morgan fingerprint density at radius 3 is 2.50 bits per heavy atom. The smallest absolute Gasteiger partial charge is 0.219 e. The molecule has 0 saturated carbocycles. The lowest BCUT2D eigenvalue weighted by atomic mass is 10.1. The second-order valence-corrected chi connectivity index (χ2v) is 6.81. The minimum Gasteiger partial charge on any atom is -0.593 e. The lowest BCUT2D eigenvalue weighted by Crippen LogP contribution is -2.24. The van der Waals surface area contributed by atoms with Crippen molar-refractivity contribution in [2.45, 2.75) is 18.2 Å². The Labute approximate surface area is 154 Å². The standard InChI is InChI=1S/C18H18FN5OS/c1-2-7-24-26(25)16-6-4-3-5-14(16)12-8-15(19)17(21-9-12)13-10-22-18(20)23-11-13/h3-6,8-11,24H,2,7H2,1H3,(H2,20,22,23). The molecule has 1 unspecified atom stereocenters. The second kappa shape index (κ2) is 8.22. The zero-order valence-electron chi connectivity index (χ0n) is 14.1. The molecular weight excluding hydrogens is 353 g/mol. The maximum Gasteiger partial charge on any atom is 0.219 e. The molecule has 0 saturated heterocycles. The number of benzene rings is 1. The van der Waals surface area contributed by atoms with Gasteiger partial charge >= 0.3 is 0 Å². The summed E-state index contributed by atoms with van der Waals surface area (Å²) < 4.78 is 30.0. The van der Waals surface area contributed by atoms with Crippen LogP contribution in [0.5, 0.6) is 0 Å². The van der Waals surface area contributed by atoms with Gasteiger partial charge in [0, 0.05) is 41.8 Å². The molecule has 3 aromatic rings. The Bertz CT molecular complexity index is 891. The molecule has 0 fully saturated rings. The highest BCUT2D eigenvalue weighted by Crippen LogP contribution is 2.29. The van der Waals surface area contributed by atoms with Gasteiger partial charge in [-0.15, -0.1) is 4.72 Å². The largest absolute Gasteiger partial charge is 0.593 e. The van der Waals surface area contributed by atoms with Crippen molar-refractivity contribution in [2.24, 2.45) is 0 Å². The van der Waals surface area contributed by atoms with Crippen molar-refractivity contribution >= 4 is 17.3 Å². The normalized spacial score (nSPS) is 12.1. The van der Waals surface area contributed by atoms with Gasteiger partial charge in [-0.3, -0.25) is 4.98 Å². The minimum absolute atomic E-state index is 0.113. The maximum absolute atomic E-state index is 14.6. The van der Waals surface area contributed by atoms with Crippen LogP contribution in [0.1, 0.15) is 13.3 Å². The van der Waals surface area contributed by atoms with E-state index in [0.29, 0.717) is 28.1 Å². The number of rotatable bonds is 6. The molecule has 1 atom stereocenters. The van der Waals surface area contributed by atoms with E-state index in [1.165, 1.54) is 18.5 Å². The first-order chi connectivity index (χ1) is 12.6. The maximum atomic E-state index is 14.6. The van der Waals surface area contributed by atoms with Crippen LogP contribution in [-0.4, -0.2) is 26.0 Å². The molecule has 0 radical (unpaired) electrons. The number of hydrogen-bond donors (Lipinski definition) is 2. The summed E-state index contributed by atoms with van der Waals surface area (Å²) in [5.41, 5.74) is 7.24. The second-order valence-electron chi connectivity index (χ2n) is 5.54. The Hall–Kier alpha value is -2.55. The van der Waals surface area contributed by atoms with Crippen LogP contribution in [0.2, 0.25) is 0 Å². The molecule has 134 valence electrons. The number of nitrogen functional groups attached to an aromatic ring is 1. The van der Waals surface area contributed by atoms with E-state index in [0.717, 1.165) is 6.42 Å². The quantitative estimate of drug-likeness (QED) is 0.646. The van der Waals surface area contributed by atoms with E-state index in [-0.39, 0.29) is 11.6 Å². The van der Waals surface area contributed by atoms with Crippen LogP contribution in [-0.2, 0) is 11.4 Å². The van der Waals surface area contributed by atoms with Gasteiger partial charge in [-0.05, 0) is 24.6 Å². The summed E-state index contributed by atoms with van der Waals surface area (Å²) in [4.78, 5) is 12.5. The molecule has 3 N–H and O–H groups in total. The van der Waals surface area contributed by atoms with Crippen LogP contribution in [0.15, 0.2) is 53.8 Å². The van der Waals surface area contributed by atoms with Gasteiger partial charge in [-0.25, -0.2) is 14.4 Å². The number of nitrogens with two attached hydrogens (primary N) is 1. The van der Waals surface area contributed by atoms with E-state index >= 15 is 0 Å². The van der Waals surface area contributed by atoms with Crippen molar-refractivity contribution in [2.75, 3.05) is 12.3 Å². The summed E-state index contributed by atoms with van der Waals surface area (Å²) in [5.74, 6) is -0.403. The average molecular weight is 371 g/mol. The SMILES string of the molecule is CCCN[S+]([O-])c1ccccc1-c1cnc(-c2cnc(N)nc2)c(F)c1. The van der Waals surface area contributed by atoms with Gasteiger partial charge in [0.25, 0.3) is 0 Å². The van der Waals surface area contributed by atoms with Gasteiger partial charge in [-0.1, -0.05) is 19.1 Å². The van der Waals surface area contributed by atoms with Gasteiger partial charge in [-0.2, -0.15) is 0 Å². The van der Waals surface area contributed by atoms with Crippen LogP contribution < -0.4 is 10.5 Å². The summed E-state index contributed by atoms with van der Waals surface area (Å²) in [6, 6.07) is 8.54. The third kappa shape index (κ3) is 3.98. The molecule has 3 rings (SSSR count). The van der Waals surface area contributed by atoms with Crippen LogP contribution in [0, 0.1) is 5.82 Å². The molecule has 0 amide bonds. The lowest BCUT2D eigenvalue weighted by molar-refractivity contribution is 0.580. The first kappa shape index (κ1) is 18.2. The van der Waals surface area contributed by atoms with Crippen molar-refractivity contribution < 1.29 is 8.94 Å². The summed E-state index contributed by atoms with van der Waals surface area (Å²) in [7, 11) is 0. The van der Waals surface area contributed by atoms with Crippen molar-refractivity contribution in [3.8, 4) is 22.4 Å². The van der Waals surface area contributed by atoms with E-state index < -0.39 is 17.2 Å². The summed E-state index contributed by atoms with van der Waals surface area (Å²) in [6.07, 6.45) is 5.25. The van der Waals surface area contributed by atoms with Crippen LogP contribution in [0.25, 0.3) is 22.4 Å². The topological polar surface area (TPSA) is 99.8 Å². The first-order valence-corrected chi connectivity index (χ1v) is 9.23. The molecule has 1 aromatic carbocycles. The zero-order chi connectivity index (χ0) is 18.5. The fraction of sp³-hybridized carbons (Fsp3) is 0.167. The predicted molar refractivity (Wildman–Crippen MR) is 99.8 cm³/mol. The monoisotopic (exact) mass is 371 g/mol. The van der Waals surface area contributed by atoms with Crippen molar-refractivity contribution in [1.82, 2.24) is 19.7 Å². The van der Waals surface area contributed by atoms with Crippen LogP contribution in [0.3, 0.4) is 0 Å². The van der Waals surface area contributed by atoms with Gasteiger partial charge in [0.2, 0.25) is 5.95 Å². The highest BCUT2D eigenvalue weighted by molar-refractivity contribution is 7.89. The van der Waals surface area contributed by atoms with Crippen molar-refractivity contribution in [3.63, 3.8) is 0 Å². The third-order valence-corrected chi connectivity index (χ3v) is 4.89. The number of pyridine rings is 1. The van der Waals surface area contributed by atoms with E-state index in [1.54, 1.807) is 24.4 Å². The Balaban J connectivity index is 1.96. The molecule has 0 aliphatic heterocycles. The molecule has 0 aliphatic carbocycles. The Morgan fingerprint density at radius 1 is 1.12 bits per heavy atom. The van der Waals surface area contributed by atoms with Gasteiger partial charge in [0.1, 0.15) is 11.5 Å². The summed E-state index contributed by atoms with van der Waals surface area (Å²) >= 11 is -1.38. The zero-order valence-corrected chi connectivity index (χ0v) is 15.0. The molecular formula is C18H18FN5OS. The van der Waals surface area contributed by atoms with Crippen LogP contribution >= 0.6 is 0 Å². The lowest BCUT2D eigenvalue weighted by Gasteiger charge is -2.14. The van der Waals surface area contributed by atoms with Crippen molar-refractivity contribution in [1.29, 1.82) is 0 Å². The Kier molecular flexibility index (Phi) is 5.77. The fourth-order valence-corrected chi connectivity index (χ4v) is 3.53. The highest BCUT2D eigenvalue weighted by atomic mass is 32.2. The molecule has 0 bridgehead atoms. The molecule has 0 aliphatic rings. The molecule has 26 heavy (non-hydrogen) atoms. The first-order valence-electron chi connectivity index (χ1n) is 8.08. The summed E-state index contributed by atoms with van der Waals surface area (Å²) in [5, 5.41) is 0. The van der Waals surface area contributed by atoms with E-state index in [1.807, 2.05) is 13.0 Å². The number of nitrogens with one attached hydrogen (secondary N) is 1. The van der Waals surface area contributed by atoms with E-state index in [4.69, 9.17) is 5.73 Å². The van der Waals surface area contributed by atoms with E-state index in [9.17, 15) is 8.94 Å². The van der Waals surface area contributed by atoms with Crippen LogP contribution in [0.4, 0.5) is 10.3 Å². The molecule has 2 heterocycles. The molecule has 6 nitrogen and oxygen atoms in total. The fourth-order valence-electron chi connectivity index (χ4n) is 2.40. The molecule has 8 heteroatoms.